The fourth-order valence-electron chi connectivity index (χ4n) is 1.01. The normalized spacial score (nSPS) is 9.93. The molecule has 0 aliphatic rings. The second kappa shape index (κ2) is 4.27. The Labute approximate surface area is 94.0 Å². The van der Waals surface area contributed by atoms with Crippen LogP contribution >= 0.6 is 15.9 Å². The molecule has 0 radical (unpaired) electrons. The first-order valence-corrected chi connectivity index (χ1v) is 4.92. The van der Waals surface area contributed by atoms with Crippen LogP contribution in [0.15, 0.2) is 45.6 Å². The molecule has 4 nitrogen and oxygen atoms in total. The maximum Gasteiger partial charge on any atom is 0.400 e. The highest BCUT2D eigenvalue weighted by Crippen LogP contribution is 2.18. The van der Waals surface area contributed by atoms with Crippen LogP contribution in [0.3, 0.4) is 0 Å². The Morgan fingerprint density at radius 2 is 2.33 bits per heavy atom. The zero-order valence-electron chi connectivity index (χ0n) is 7.51. The Kier molecular flexibility index (Phi) is 2.82. The van der Waals surface area contributed by atoms with Crippen LogP contribution in [-0.2, 0) is 0 Å². The van der Waals surface area contributed by atoms with Gasteiger partial charge in [-0.1, -0.05) is 22.0 Å². The van der Waals surface area contributed by atoms with E-state index < -0.39 is 5.97 Å². The molecular formula is C10H6BrNO3. The van der Waals surface area contributed by atoms with Crippen molar-refractivity contribution < 1.29 is 13.9 Å². The van der Waals surface area contributed by atoms with E-state index >= 15 is 0 Å². The molecule has 0 atom stereocenters. The molecular weight excluding hydrogens is 262 g/mol. The van der Waals surface area contributed by atoms with Gasteiger partial charge in [0.15, 0.2) is 0 Å². The molecule has 5 heteroatoms. The molecule has 1 aromatic heterocycles. The van der Waals surface area contributed by atoms with E-state index in [0.29, 0.717) is 5.75 Å². The molecule has 0 unspecified atom stereocenters. The van der Waals surface area contributed by atoms with Crippen LogP contribution in [-0.4, -0.2) is 11.0 Å². The molecule has 0 saturated carbocycles. The second-order valence-electron chi connectivity index (χ2n) is 2.68. The third kappa shape index (κ3) is 2.44. The first-order chi connectivity index (χ1) is 7.25. The Morgan fingerprint density at radius 1 is 1.47 bits per heavy atom. The van der Waals surface area contributed by atoms with E-state index in [1.54, 1.807) is 18.2 Å². The van der Waals surface area contributed by atoms with Gasteiger partial charge in [-0.2, -0.15) is 0 Å². The lowest BCUT2D eigenvalue weighted by atomic mass is 10.3. The molecule has 0 aliphatic carbocycles. The van der Waals surface area contributed by atoms with E-state index in [2.05, 4.69) is 20.9 Å². The molecule has 2 aromatic rings. The van der Waals surface area contributed by atoms with Crippen LogP contribution in [0.2, 0.25) is 0 Å². The van der Waals surface area contributed by atoms with E-state index in [0.717, 1.165) is 4.47 Å². The van der Waals surface area contributed by atoms with Gasteiger partial charge in [0.1, 0.15) is 12.0 Å². The summed E-state index contributed by atoms with van der Waals surface area (Å²) in [4.78, 5) is 15.1. The maximum absolute atomic E-state index is 11.4. The maximum atomic E-state index is 11.4. The van der Waals surface area contributed by atoms with Crippen molar-refractivity contribution in [2.45, 2.75) is 0 Å². The minimum atomic E-state index is -0.613. The average Bonchev–Trinajstić information content (AvgIpc) is 2.70. The summed E-state index contributed by atoms with van der Waals surface area (Å²) in [5.41, 5.74) is 0. The number of aromatic nitrogens is 1. The SMILES string of the molecule is O=C(Oc1cccc(Br)c1)c1ncco1. The summed E-state index contributed by atoms with van der Waals surface area (Å²) in [5, 5.41) is 0. The first kappa shape index (κ1) is 9.92. The Hall–Kier alpha value is -1.62. The molecule has 1 heterocycles. The van der Waals surface area contributed by atoms with Crippen molar-refractivity contribution in [1.82, 2.24) is 4.98 Å². The number of nitrogens with zero attached hydrogens (tertiary/aromatic N) is 1. The van der Waals surface area contributed by atoms with Crippen molar-refractivity contribution in [3.8, 4) is 5.75 Å². The van der Waals surface area contributed by atoms with Crippen LogP contribution in [0.4, 0.5) is 0 Å². The molecule has 1 aromatic carbocycles. The minimum Gasteiger partial charge on any atom is -0.440 e. The number of hydrogen-bond donors (Lipinski definition) is 0. The van der Waals surface area contributed by atoms with E-state index in [-0.39, 0.29) is 5.89 Å². The number of rotatable bonds is 2. The number of oxazole rings is 1. The standard InChI is InChI=1S/C10H6BrNO3/c11-7-2-1-3-8(6-7)15-10(13)9-12-4-5-14-9/h1-6H. The number of esters is 1. The molecule has 0 bridgehead atoms. The van der Waals surface area contributed by atoms with Crippen LogP contribution < -0.4 is 4.74 Å². The summed E-state index contributed by atoms with van der Waals surface area (Å²) in [6.45, 7) is 0. The van der Waals surface area contributed by atoms with Crippen LogP contribution in [0, 0.1) is 0 Å². The predicted octanol–water partition coefficient (Wildman–Crippen LogP) is 2.66. The monoisotopic (exact) mass is 267 g/mol. The molecule has 0 aliphatic heterocycles. The highest BCUT2D eigenvalue weighted by atomic mass is 79.9. The fourth-order valence-corrected chi connectivity index (χ4v) is 1.38. The smallest absolute Gasteiger partial charge is 0.400 e. The number of benzene rings is 1. The summed E-state index contributed by atoms with van der Waals surface area (Å²) in [7, 11) is 0. The van der Waals surface area contributed by atoms with Gasteiger partial charge in [-0.3, -0.25) is 0 Å². The zero-order chi connectivity index (χ0) is 10.7. The lowest BCUT2D eigenvalue weighted by Crippen LogP contribution is -2.08. The number of halogens is 1. The Balaban J connectivity index is 2.13. The molecule has 0 saturated heterocycles. The van der Waals surface area contributed by atoms with Crippen LogP contribution in [0.1, 0.15) is 10.7 Å². The van der Waals surface area contributed by atoms with Crippen molar-refractivity contribution >= 4 is 21.9 Å². The number of hydrogen-bond acceptors (Lipinski definition) is 4. The van der Waals surface area contributed by atoms with Gasteiger partial charge in [-0.05, 0) is 18.2 Å². The van der Waals surface area contributed by atoms with Crippen molar-refractivity contribution in [2.75, 3.05) is 0 Å². The lowest BCUT2D eigenvalue weighted by Gasteiger charge is -2.01. The van der Waals surface area contributed by atoms with Gasteiger partial charge < -0.3 is 9.15 Å². The summed E-state index contributed by atoms with van der Waals surface area (Å²) in [5.74, 6) is -0.236. The highest BCUT2D eigenvalue weighted by molar-refractivity contribution is 9.10. The summed E-state index contributed by atoms with van der Waals surface area (Å²) >= 11 is 3.27. The molecule has 76 valence electrons. The van der Waals surface area contributed by atoms with Crippen LogP contribution in [0.25, 0.3) is 0 Å². The van der Waals surface area contributed by atoms with E-state index in [4.69, 9.17) is 9.15 Å². The van der Waals surface area contributed by atoms with Gasteiger partial charge in [0, 0.05) is 4.47 Å². The first-order valence-electron chi connectivity index (χ1n) is 4.13. The second-order valence-corrected chi connectivity index (χ2v) is 3.60. The van der Waals surface area contributed by atoms with Crippen molar-refractivity contribution in [3.05, 3.63) is 47.1 Å². The topological polar surface area (TPSA) is 52.3 Å². The van der Waals surface area contributed by atoms with E-state index in [1.807, 2.05) is 6.07 Å². The Morgan fingerprint density at radius 3 is 3.00 bits per heavy atom. The largest absolute Gasteiger partial charge is 0.440 e. The average molecular weight is 268 g/mol. The molecule has 0 amide bonds. The Bertz CT molecular complexity index is 467. The molecule has 2 rings (SSSR count). The minimum absolute atomic E-state index is 0.0602. The number of carbonyl (C=O) groups is 1. The number of ether oxygens (including phenoxy) is 1. The van der Waals surface area contributed by atoms with Gasteiger partial charge in [-0.25, -0.2) is 9.78 Å². The summed E-state index contributed by atoms with van der Waals surface area (Å²) < 4.78 is 10.6. The number of carbonyl (C=O) groups excluding carboxylic acids is 1. The predicted molar refractivity (Wildman–Crippen MR) is 55.6 cm³/mol. The summed E-state index contributed by atoms with van der Waals surface area (Å²) in [6, 6.07) is 6.96. The van der Waals surface area contributed by atoms with Gasteiger partial charge in [0.2, 0.25) is 0 Å². The van der Waals surface area contributed by atoms with Crippen molar-refractivity contribution in [3.63, 3.8) is 0 Å². The van der Waals surface area contributed by atoms with Crippen molar-refractivity contribution in [1.29, 1.82) is 0 Å². The zero-order valence-corrected chi connectivity index (χ0v) is 9.10. The summed E-state index contributed by atoms with van der Waals surface area (Å²) in [6.07, 6.45) is 2.70. The quantitative estimate of drug-likeness (QED) is 0.620. The third-order valence-electron chi connectivity index (χ3n) is 1.61. The molecule has 0 fully saturated rings. The highest BCUT2D eigenvalue weighted by Gasteiger charge is 2.12. The van der Waals surface area contributed by atoms with Crippen LogP contribution in [0.5, 0.6) is 5.75 Å². The van der Waals surface area contributed by atoms with Gasteiger partial charge in [0.05, 0.1) is 6.20 Å². The van der Waals surface area contributed by atoms with E-state index in [9.17, 15) is 4.79 Å². The fraction of sp³-hybridized carbons (Fsp3) is 0. The third-order valence-corrected chi connectivity index (χ3v) is 2.11. The molecule has 0 spiro atoms. The molecule has 15 heavy (non-hydrogen) atoms. The van der Waals surface area contributed by atoms with Gasteiger partial charge >= 0.3 is 11.9 Å². The molecule has 0 N–H and O–H groups in total. The van der Waals surface area contributed by atoms with Gasteiger partial charge in [0.25, 0.3) is 0 Å². The lowest BCUT2D eigenvalue weighted by molar-refractivity contribution is 0.0693. The van der Waals surface area contributed by atoms with Crippen molar-refractivity contribution in [2.24, 2.45) is 0 Å². The van der Waals surface area contributed by atoms with E-state index in [1.165, 1.54) is 12.5 Å². The van der Waals surface area contributed by atoms with Gasteiger partial charge in [-0.15, -0.1) is 0 Å².